The van der Waals surface area contributed by atoms with Gasteiger partial charge in [0.1, 0.15) is 28.0 Å². The second-order valence-electron chi connectivity index (χ2n) is 8.57. The number of amides is 1. The van der Waals surface area contributed by atoms with E-state index >= 15 is 0 Å². The number of benzene rings is 3. The number of aromatic nitrogens is 1. The fourth-order valence-corrected chi connectivity index (χ4v) is 5.07. The van der Waals surface area contributed by atoms with Crippen molar-refractivity contribution in [3.8, 4) is 28.8 Å². The number of hydrogen-bond donors (Lipinski definition) is 1. The van der Waals surface area contributed by atoms with Crippen LogP contribution in [0.4, 0.5) is 11.4 Å². The van der Waals surface area contributed by atoms with Crippen molar-refractivity contribution in [1.29, 1.82) is 5.26 Å². The molecule has 0 saturated heterocycles. The minimum atomic E-state index is -0.673. The number of non-ortho nitro benzene ring substituents is 1. The lowest BCUT2D eigenvalue weighted by atomic mass is 10.1. The molecule has 0 aliphatic carbocycles. The van der Waals surface area contributed by atoms with Gasteiger partial charge in [0, 0.05) is 29.5 Å². The molecule has 2 aromatic heterocycles. The predicted molar refractivity (Wildman–Crippen MR) is 154 cm³/mol. The van der Waals surface area contributed by atoms with Gasteiger partial charge in [-0.2, -0.15) is 5.26 Å². The second kappa shape index (κ2) is 11.6. The van der Waals surface area contributed by atoms with Crippen molar-refractivity contribution < 1.29 is 18.9 Å². The van der Waals surface area contributed by atoms with Crippen molar-refractivity contribution in [2.24, 2.45) is 0 Å². The second-order valence-corrected chi connectivity index (χ2v) is 9.60. The Morgan fingerprint density at radius 2 is 1.76 bits per heavy atom. The molecule has 0 aliphatic heterocycles. The van der Waals surface area contributed by atoms with E-state index in [1.54, 1.807) is 78.9 Å². The van der Waals surface area contributed by atoms with Gasteiger partial charge >= 0.3 is 0 Å². The minimum Gasteiger partial charge on any atom is -0.497 e. The van der Waals surface area contributed by atoms with Gasteiger partial charge in [-0.3, -0.25) is 24.3 Å². The third-order valence-electron chi connectivity index (χ3n) is 6.00. The van der Waals surface area contributed by atoms with E-state index in [0.717, 1.165) is 11.3 Å². The molecular weight excluding hydrogens is 544 g/mol. The van der Waals surface area contributed by atoms with Crippen LogP contribution in [-0.2, 0) is 4.79 Å². The van der Waals surface area contributed by atoms with Gasteiger partial charge in [-0.25, -0.2) is 0 Å². The van der Waals surface area contributed by atoms with E-state index < -0.39 is 16.4 Å². The van der Waals surface area contributed by atoms with Crippen LogP contribution in [0.5, 0.6) is 5.75 Å². The molecule has 41 heavy (non-hydrogen) atoms. The van der Waals surface area contributed by atoms with Crippen molar-refractivity contribution in [2.45, 2.75) is 0 Å². The summed E-state index contributed by atoms with van der Waals surface area (Å²) < 4.78 is 12.7. The average Bonchev–Trinajstić information content (AvgIpc) is 3.59. The molecule has 0 atom stereocenters. The summed E-state index contributed by atoms with van der Waals surface area (Å²) in [7, 11) is 1.53. The van der Waals surface area contributed by atoms with Gasteiger partial charge in [-0.1, -0.05) is 18.2 Å². The Kier molecular flexibility index (Phi) is 7.58. The fourth-order valence-electron chi connectivity index (χ4n) is 3.99. The van der Waals surface area contributed by atoms with Crippen LogP contribution >= 0.6 is 11.3 Å². The molecule has 3 aromatic carbocycles. The molecule has 0 saturated carbocycles. The number of nitrogens with one attached hydrogen (secondary N) is 1. The van der Waals surface area contributed by atoms with Gasteiger partial charge in [0.05, 0.1) is 22.3 Å². The van der Waals surface area contributed by atoms with Gasteiger partial charge in [0.2, 0.25) is 0 Å². The van der Waals surface area contributed by atoms with Crippen LogP contribution in [0.25, 0.3) is 28.7 Å². The molecule has 0 radical (unpaired) electrons. The smallest absolute Gasteiger partial charge is 0.273 e. The number of carbonyl (C=O) groups excluding carboxylic acids is 1. The third-order valence-corrected chi connectivity index (χ3v) is 7.09. The Labute approximate surface area is 236 Å². The van der Waals surface area contributed by atoms with Crippen LogP contribution in [0.15, 0.2) is 100 Å². The average molecular weight is 565 g/mol. The highest BCUT2D eigenvalue weighted by Crippen LogP contribution is 2.25. The monoisotopic (exact) mass is 564 g/mol. The number of furan rings is 1. The maximum absolute atomic E-state index is 13.6. The van der Waals surface area contributed by atoms with Crippen LogP contribution in [0.3, 0.4) is 0 Å². The number of para-hydroxylation sites is 1. The molecule has 5 rings (SSSR count). The summed E-state index contributed by atoms with van der Waals surface area (Å²) in [6.45, 7) is 0. The van der Waals surface area contributed by atoms with E-state index in [2.05, 4.69) is 5.32 Å². The molecule has 0 spiro atoms. The quantitative estimate of drug-likeness (QED) is 0.231. The Bertz CT molecular complexity index is 1970. The summed E-state index contributed by atoms with van der Waals surface area (Å²) in [5.74, 6) is 0.742. The zero-order valence-corrected chi connectivity index (χ0v) is 22.3. The highest BCUT2D eigenvalue weighted by molar-refractivity contribution is 7.07. The fraction of sp³-hybridized carbons (Fsp3) is 0.0333. The molecule has 10 nitrogen and oxygen atoms in total. The van der Waals surface area contributed by atoms with Crippen molar-refractivity contribution >= 4 is 40.3 Å². The van der Waals surface area contributed by atoms with E-state index in [4.69, 9.17) is 9.15 Å². The number of thiazole rings is 1. The van der Waals surface area contributed by atoms with Crippen molar-refractivity contribution in [3.05, 3.63) is 126 Å². The first kappa shape index (κ1) is 26.9. The van der Waals surface area contributed by atoms with Gasteiger partial charge < -0.3 is 14.5 Å². The molecule has 0 aliphatic rings. The number of nitrogens with zero attached hydrogens (tertiary/aromatic N) is 3. The highest BCUT2D eigenvalue weighted by atomic mass is 32.1. The summed E-state index contributed by atoms with van der Waals surface area (Å²) in [6.07, 6.45) is 1.53. The molecule has 0 bridgehead atoms. The lowest BCUT2D eigenvalue weighted by molar-refractivity contribution is -0.384. The Hall–Kier alpha value is -5.73. The largest absolute Gasteiger partial charge is 0.497 e. The van der Waals surface area contributed by atoms with Crippen LogP contribution in [0.2, 0.25) is 0 Å². The summed E-state index contributed by atoms with van der Waals surface area (Å²) >= 11 is 0.983. The molecular formula is C30H20N4O6S. The zero-order chi connectivity index (χ0) is 28.9. The zero-order valence-electron chi connectivity index (χ0n) is 21.4. The molecule has 0 fully saturated rings. The number of nitro benzene ring substituents is 1. The van der Waals surface area contributed by atoms with E-state index in [-0.39, 0.29) is 20.5 Å². The van der Waals surface area contributed by atoms with Gasteiger partial charge in [-0.15, -0.1) is 11.3 Å². The summed E-state index contributed by atoms with van der Waals surface area (Å²) in [4.78, 5) is 37.3. The summed E-state index contributed by atoms with van der Waals surface area (Å²) in [6, 6.07) is 26.5. The van der Waals surface area contributed by atoms with Crippen LogP contribution in [0, 0.1) is 21.4 Å². The standard InChI is InChI=1S/C30H20N4O6S/c1-39-23-13-9-20(10-14-23)32-28(35)25(18-31)30-33(21-5-3-2-4-6-21)29(36)27(41-30)17-24-15-16-26(40-24)19-7-11-22(12-8-19)34(37)38/h2-17H,1H3,(H,32,35). The van der Waals surface area contributed by atoms with Crippen molar-refractivity contribution in [2.75, 3.05) is 12.4 Å². The Balaban J connectivity index is 1.60. The van der Waals surface area contributed by atoms with Crippen molar-refractivity contribution in [1.82, 2.24) is 4.57 Å². The minimum absolute atomic E-state index is 0.0414. The van der Waals surface area contributed by atoms with Crippen molar-refractivity contribution in [3.63, 3.8) is 0 Å². The molecule has 5 aromatic rings. The molecule has 1 N–H and O–H groups in total. The number of nitriles is 1. The predicted octanol–water partition coefficient (Wildman–Crippen LogP) is 4.22. The Morgan fingerprint density at radius 3 is 2.39 bits per heavy atom. The van der Waals surface area contributed by atoms with Crippen LogP contribution in [-0.4, -0.2) is 22.5 Å². The summed E-state index contributed by atoms with van der Waals surface area (Å²) in [5, 5.41) is 23.6. The van der Waals surface area contributed by atoms with E-state index in [1.165, 1.54) is 29.9 Å². The molecule has 2 heterocycles. The van der Waals surface area contributed by atoms with E-state index in [0.29, 0.717) is 34.2 Å². The first-order chi connectivity index (χ1) is 19.9. The Morgan fingerprint density at radius 1 is 1.05 bits per heavy atom. The van der Waals surface area contributed by atoms with Gasteiger partial charge in [0.25, 0.3) is 17.2 Å². The molecule has 202 valence electrons. The third kappa shape index (κ3) is 5.68. The maximum Gasteiger partial charge on any atom is 0.273 e. The maximum atomic E-state index is 13.6. The van der Waals surface area contributed by atoms with Gasteiger partial charge in [-0.05, 0) is 60.7 Å². The SMILES string of the molecule is COc1ccc(NC(=O)C(C#N)=c2sc(=Cc3ccc(-c4ccc([N+](=O)[O-])cc4)o3)c(=O)n2-c2ccccc2)cc1. The molecule has 0 unspecified atom stereocenters. The lowest BCUT2D eigenvalue weighted by Gasteiger charge is -2.06. The lowest BCUT2D eigenvalue weighted by Crippen LogP contribution is -2.32. The number of nitro groups is 1. The normalized spacial score (nSPS) is 12.0. The first-order valence-electron chi connectivity index (χ1n) is 12.1. The molecule has 1 amide bonds. The topological polar surface area (TPSA) is 140 Å². The number of rotatable bonds is 7. The number of hydrogen-bond acceptors (Lipinski definition) is 8. The number of anilines is 1. The number of carbonyl (C=O) groups is 1. The number of ether oxygens (including phenoxy) is 1. The van der Waals surface area contributed by atoms with Crippen LogP contribution in [0.1, 0.15) is 5.76 Å². The van der Waals surface area contributed by atoms with E-state index in [1.807, 2.05) is 6.07 Å². The number of methoxy groups -OCH3 is 1. The summed E-state index contributed by atoms with van der Waals surface area (Å²) in [5.41, 5.74) is 0.848. The van der Waals surface area contributed by atoms with E-state index in [9.17, 15) is 25.0 Å². The van der Waals surface area contributed by atoms with Crippen LogP contribution < -0.4 is 24.8 Å². The molecule has 11 heteroatoms. The highest BCUT2D eigenvalue weighted by Gasteiger charge is 2.18. The first-order valence-corrected chi connectivity index (χ1v) is 12.9. The van der Waals surface area contributed by atoms with Gasteiger partial charge in [0.15, 0.2) is 5.57 Å².